The molecule has 0 saturated carbocycles. The normalized spacial score (nSPS) is 24.9. The van der Waals surface area contributed by atoms with Gasteiger partial charge in [-0.15, -0.1) is 0 Å². The second-order valence-corrected chi connectivity index (χ2v) is 10.6. The Morgan fingerprint density at radius 3 is 2.29 bits per heavy atom. The molecule has 0 aliphatic carbocycles. The van der Waals surface area contributed by atoms with E-state index in [4.69, 9.17) is 9.16 Å². The van der Waals surface area contributed by atoms with Crippen molar-refractivity contribution in [3.05, 3.63) is 0 Å². The molecule has 0 spiro atoms. The fourth-order valence-electron chi connectivity index (χ4n) is 1.30. The summed E-state index contributed by atoms with van der Waals surface area (Å²) >= 11 is 0. The number of hydrogen-bond acceptors (Lipinski definition) is 2. The van der Waals surface area contributed by atoms with Crippen molar-refractivity contribution >= 4 is 8.32 Å². The highest BCUT2D eigenvalue weighted by Gasteiger charge is 2.39. The summed E-state index contributed by atoms with van der Waals surface area (Å²) in [5.74, 6) is 0. The first-order valence-corrected chi connectivity index (χ1v) is 8.42. The highest BCUT2D eigenvalue weighted by molar-refractivity contribution is 6.74. The molecule has 0 N–H and O–H groups in total. The van der Waals surface area contributed by atoms with E-state index in [1.165, 1.54) is 0 Å². The summed E-state index contributed by atoms with van der Waals surface area (Å²) in [4.78, 5) is 0. The Balaban J connectivity index is 2.39. The zero-order valence-electron chi connectivity index (χ0n) is 10.4. The van der Waals surface area contributed by atoms with Crippen LogP contribution in [0.3, 0.4) is 0 Å². The molecule has 1 aliphatic heterocycles. The highest BCUT2D eigenvalue weighted by atomic mass is 28.4. The summed E-state index contributed by atoms with van der Waals surface area (Å²) in [5, 5.41) is 0.311. The molecule has 0 aromatic rings. The van der Waals surface area contributed by atoms with Crippen molar-refractivity contribution in [3.63, 3.8) is 0 Å². The van der Waals surface area contributed by atoms with Crippen LogP contribution < -0.4 is 0 Å². The second kappa shape index (κ2) is 3.95. The van der Waals surface area contributed by atoms with Gasteiger partial charge in [0.1, 0.15) is 0 Å². The molecule has 0 amide bonds. The molecular weight excluding hydrogens is 192 g/mol. The maximum absolute atomic E-state index is 6.21. The third-order valence-electron chi connectivity index (χ3n) is 3.30. The zero-order valence-corrected chi connectivity index (χ0v) is 11.4. The molecule has 84 valence electrons. The molecule has 1 heterocycles. The first-order valence-electron chi connectivity index (χ1n) is 5.52. The van der Waals surface area contributed by atoms with Crippen LogP contribution in [0.5, 0.6) is 0 Å². The van der Waals surface area contributed by atoms with E-state index in [0.29, 0.717) is 17.2 Å². The van der Waals surface area contributed by atoms with Crippen LogP contribution >= 0.6 is 0 Å². The minimum atomic E-state index is -1.56. The van der Waals surface area contributed by atoms with E-state index in [-0.39, 0.29) is 0 Å². The van der Waals surface area contributed by atoms with Crippen molar-refractivity contribution < 1.29 is 9.16 Å². The summed E-state index contributed by atoms with van der Waals surface area (Å²) < 4.78 is 11.4. The monoisotopic (exact) mass is 216 g/mol. The summed E-state index contributed by atoms with van der Waals surface area (Å²) in [6.45, 7) is 14.5. The highest BCUT2D eigenvalue weighted by Crippen LogP contribution is 2.38. The predicted molar refractivity (Wildman–Crippen MR) is 62.1 cm³/mol. The van der Waals surface area contributed by atoms with Gasteiger partial charge in [-0.2, -0.15) is 0 Å². The van der Waals surface area contributed by atoms with E-state index in [0.717, 1.165) is 13.0 Å². The molecular formula is C11H24O2Si. The molecule has 2 atom stereocenters. The maximum atomic E-state index is 6.21. The topological polar surface area (TPSA) is 21.8 Å². The molecule has 1 aliphatic rings. The number of hydrogen-bond donors (Lipinski definition) is 0. The average Bonchev–Trinajstić information content (AvgIpc) is 2.66. The molecule has 0 aromatic heterocycles. The number of rotatable bonds is 4. The fraction of sp³-hybridized carbons (Fsp3) is 1.00. The van der Waals surface area contributed by atoms with E-state index in [9.17, 15) is 0 Å². The largest absolute Gasteiger partial charge is 0.414 e. The molecule has 2 nitrogen and oxygen atoms in total. The van der Waals surface area contributed by atoms with Crippen LogP contribution in [0.4, 0.5) is 0 Å². The van der Waals surface area contributed by atoms with E-state index in [2.05, 4.69) is 40.8 Å². The SMILES string of the molecule is C[C@H](C[C@H]1CO1)O[Si](C)(C)C(C)(C)C. The maximum Gasteiger partial charge on any atom is 0.192 e. The Bertz CT molecular complexity index is 192. The lowest BCUT2D eigenvalue weighted by Crippen LogP contribution is -2.43. The van der Waals surface area contributed by atoms with Crippen molar-refractivity contribution in [2.45, 2.75) is 64.5 Å². The first-order chi connectivity index (χ1) is 6.22. The summed E-state index contributed by atoms with van der Waals surface area (Å²) in [6, 6.07) is 0. The van der Waals surface area contributed by atoms with Gasteiger partial charge in [-0.3, -0.25) is 0 Å². The minimum Gasteiger partial charge on any atom is -0.414 e. The molecule has 1 saturated heterocycles. The molecule has 1 fully saturated rings. The number of ether oxygens (including phenoxy) is 1. The van der Waals surface area contributed by atoms with Crippen molar-refractivity contribution in [2.24, 2.45) is 0 Å². The molecule has 3 heteroatoms. The van der Waals surface area contributed by atoms with Crippen LogP contribution in [0.2, 0.25) is 18.1 Å². The van der Waals surface area contributed by atoms with Crippen molar-refractivity contribution in [1.82, 2.24) is 0 Å². The zero-order chi connectivity index (χ0) is 11.0. The van der Waals surface area contributed by atoms with Gasteiger partial charge < -0.3 is 9.16 Å². The molecule has 0 radical (unpaired) electrons. The molecule has 14 heavy (non-hydrogen) atoms. The fourth-order valence-corrected chi connectivity index (χ4v) is 2.76. The third kappa shape index (κ3) is 3.37. The lowest BCUT2D eigenvalue weighted by atomic mass is 10.2. The van der Waals surface area contributed by atoms with Gasteiger partial charge in [-0.05, 0) is 25.1 Å². The Hall–Kier alpha value is 0.137. The molecule has 1 rings (SSSR count). The lowest BCUT2D eigenvalue weighted by Gasteiger charge is -2.38. The Morgan fingerprint density at radius 1 is 1.43 bits per heavy atom. The van der Waals surface area contributed by atoms with Crippen molar-refractivity contribution in [1.29, 1.82) is 0 Å². The quantitative estimate of drug-likeness (QED) is 0.532. The van der Waals surface area contributed by atoms with Gasteiger partial charge in [-0.1, -0.05) is 20.8 Å². The summed E-state index contributed by atoms with van der Waals surface area (Å²) in [6.07, 6.45) is 1.89. The third-order valence-corrected chi connectivity index (χ3v) is 7.90. The second-order valence-electron chi connectivity index (χ2n) is 5.88. The number of epoxide rings is 1. The standard InChI is InChI=1S/C11H24O2Si/c1-9(7-10-8-12-10)13-14(5,6)11(2,3)4/h9-10H,7-8H2,1-6H3/t9-,10+/m1/s1. The minimum absolute atomic E-state index is 0.311. The van der Waals surface area contributed by atoms with Crippen LogP contribution in [0.15, 0.2) is 0 Å². The van der Waals surface area contributed by atoms with Crippen LogP contribution in [0, 0.1) is 0 Å². The van der Waals surface area contributed by atoms with Crippen LogP contribution in [0.1, 0.15) is 34.1 Å². The van der Waals surface area contributed by atoms with Crippen LogP contribution in [-0.2, 0) is 9.16 Å². The lowest BCUT2D eigenvalue weighted by molar-refractivity contribution is 0.175. The van der Waals surface area contributed by atoms with Gasteiger partial charge in [-0.25, -0.2) is 0 Å². The van der Waals surface area contributed by atoms with E-state index in [1.54, 1.807) is 0 Å². The van der Waals surface area contributed by atoms with Gasteiger partial charge in [0, 0.05) is 12.5 Å². The predicted octanol–water partition coefficient (Wildman–Crippen LogP) is 3.19. The molecule has 0 aromatic carbocycles. The van der Waals surface area contributed by atoms with Gasteiger partial charge in [0.25, 0.3) is 0 Å². The van der Waals surface area contributed by atoms with Gasteiger partial charge >= 0.3 is 0 Å². The van der Waals surface area contributed by atoms with Crippen molar-refractivity contribution in [3.8, 4) is 0 Å². The van der Waals surface area contributed by atoms with E-state index >= 15 is 0 Å². The summed E-state index contributed by atoms with van der Waals surface area (Å²) in [7, 11) is -1.56. The van der Waals surface area contributed by atoms with Gasteiger partial charge in [0.15, 0.2) is 8.32 Å². The van der Waals surface area contributed by atoms with Crippen LogP contribution in [0.25, 0.3) is 0 Å². The van der Waals surface area contributed by atoms with E-state index in [1.807, 2.05) is 0 Å². The smallest absolute Gasteiger partial charge is 0.192 e. The van der Waals surface area contributed by atoms with Gasteiger partial charge in [0.05, 0.1) is 12.7 Å². The Kier molecular flexibility index (Phi) is 3.44. The molecule has 0 unspecified atom stereocenters. The van der Waals surface area contributed by atoms with E-state index < -0.39 is 8.32 Å². The summed E-state index contributed by atoms with van der Waals surface area (Å²) in [5.41, 5.74) is 0. The van der Waals surface area contributed by atoms with Crippen molar-refractivity contribution in [2.75, 3.05) is 6.61 Å². The van der Waals surface area contributed by atoms with Crippen LogP contribution in [-0.4, -0.2) is 27.1 Å². The molecule has 0 bridgehead atoms. The average molecular weight is 216 g/mol. The Morgan fingerprint density at radius 2 is 1.93 bits per heavy atom. The Labute approximate surface area is 89.1 Å². The van der Waals surface area contributed by atoms with Gasteiger partial charge in [0.2, 0.25) is 0 Å². The first kappa shape index (κ1) is 12.2.